The SMILES string of the molecule is CN1CCN(c2ccc(N)c(N)n2)CC1.CN1CCN(c2ccc([N+](=O)[O-])c(N)n2)CC1. The van der Waals surface area contributed by atoms with Crippen molar-refractivity contribution < 1.29 is 4.92 Å². The first-order valence-electron chi connectivity index (χ1n) is 10.5. The summed E-state index contributed by atoms with van der Waals surface area (Å²) in [7, 11) is 4.19. The highest BCUT2D eigenvalue weighted by molar-refractivity contribution is 5.62. The van der Waals surface area contributed by atoms with Gasteiger partial charge in [0.1, 0.15) is 17.5 Å². The molecule has 0 saturated carbocycles. The normalized spacial score (nSPS) is 17.6. The summed E-state index contributed by atoms with van der Waals surface area (Å²) in [6, 6.07) is 6.81. The lowest BCUT2D eigenvalue weighted by Crippen LogP contribution is -2.44. The smallest absolute Gasteiger partial charge is 0.311 e. The maximum absolute atomic E-state index is 10.6. The number of nitrogens with zero attached hydrogens (tertiary/aromatic N) is 7. The van der Waals surface area contributed by atoms with Crippen LogP contribution in [0.2, 0.25) is 0 Å². The van der Waals surface area contributed by atoms with Gasteiger partial charge in [-0.25, -0.2) is 9.97 Å². The van der Waals surface area contributed by atoms with Gasteiger partial charge in [0, 0.05) is 58.4 Å². The molecular weight excluding hydrogens is 412 g/mol. The molecule has 0 unspecified atom stereocenters. The number of likely N-dealkylation sites (N-methyl/N-ethyl adjacent to an activating group) is 2. The lowest BCUT2D eigenvalue weighted by atomic mass is 10.3. The van der Waals surface area contributed by atoms with E-state index < -0.39 is 4.92 Å². The highest BCUT2D eigenvalue weighted by Gasteiger charge is 2.19. The number of anilines is 5. The molecule has 12 nitrogen and oxygen atoms in total. The van der Waals surface area contributed by atoms with E-state index in [4.69, 9.17) is 17.2 Å². The lowest BCUT2D eigenvalue weighted by Gasteiger charge is -2.33. The topological polar surface area (TPSA) is 160 Å². The van der Waals surface area contributed by atoms with Crippen LogP contribution in [0.5, 0.6) is 0 Å². The van der Waals surface area contributed by atoms with Crippen molar-refractivity contribution in [3.8, 4) is 0 Å². The summed E-state index contributed by atoms with van der Waals surface area (Å²) in [5, 5.41) is 10.6. The average Bonchev–Trinajstić information content (AvgIpc) is 2.77. The van der Waals surface area contributed by atoms with Crippen LogP contribution in [0.25, 0.3) is 0 Å². The van der Waals surface area contributed by atoms with E-state index in [1.807, 2.05) is 12.1 Å². The largest absolute Gasteiger partial charge is 0.396 e. The second-order valence-corrected chi connectivity index (χ2v) is 8.06. The fourth-order valence-electron chi connectivity index (χ4n) is 3.51. The van der Waals surface area contributed by atoms with Gasteiger partial charge >= 0.3 is 5.69 Å². The number of piperazine rings is 2. The van der Waals surface area contributed by atoms with Crippen LogP contribution in [-0.4, -0.2) is 91.1 Å². The number of nitrogens with two attached hydrogens (primary N) is 3. The highest BCUT2D eigenvalue weighted by Crippen LogP contribution is 2.23. The third-order valence-electron chi connectivity index (χ3n) is 5.68. The van der Waals surface area contributed by atoms with Crippen LogP contribution in [0.15, 0.2) is 24.3 Å². The lowest BCUT2D eigenvalue weighted by molar-refractivity contribution is -0.384. The first-order valence-corrected chi connectivity index (χ1v) is 10.5. The van der Waals surface area contributed by atoms with Gasteiger partial charge in [-0.1, -0.05) is 0 Å². The maximum Gasteiger partial charge on any atom is 0.311 e. The van der Waals surface area contributed by atoms with Crippen LogP contribution in [0.3, 0.4) is 0 Å². The van der Waals surface area contributed by atoms with Crippen molar-refractivity contribution in [2.24, 2.45) is 0 Å². The van der Waals surface area contributed by atoms with Gasteiger partial charge in [0.25, 0.3) is 0 Å². The van der Waals surface area contributed by atoms with E-state index >= 15 is 0 Å². The molecule has 32 heavy (non-hydrogen) atoms. The number of nitro groups is 1. The molecule has 2 aromatic rings. The minimum Gasteiger partial charge on any atom is -0.396 e. The molecule has 0 bridgehead atoms. The summed E-state index contributed by atoms with van der Waals surface area (Å²) in [6.07, 6.45) is 0. The molecule has 0 aliphatic carbocycles. The van der Waals surface area contributed by atoms with Crippen molar-refractivity contribution in [1.82, 2.24) is 19.8 Å². The van der Waals surface area contributed by atoms with Gasteiger partial charge in [0.2, 0.25) is 5.82 Å². The van der Waals surface area contributed by atoms with Gasteiger partial charge in [-0.2, -0.15) is 0 Å². The monoisotopic (exact) mass is 444 g/mol. The fourth-order valence-corrected chi connectivity index (χ4v) is 3.51. The van der Waals surface area contributed by atoms with Crippen LogP contribution in [-0.2, 0) is 0 Å². The predicted molar refractivity (Wildman–Crippen MR) is 128 cm³/mol. The Hall–Kier alpha value is -3.38. The number of aromatic nitrogens is 2. The van der Waals surface area contributed by atoms with Crippen molar-refractivity contribution in [1.29, 1.82) is 0 Å². The van der Waals surface area contributed by atoms with E-state index in [2.05, 4.69) is 43.7 Å². The van der Waals surface area contributed by atoms with E-state index in [1.165, 1.54) is 6.07 Å². The van der Waals surface area contributed by atoms with Crippen LogP contribution < -0.4 is 27.0 Å². The van der Waals surface area contributed by atoms with Gasteiger partial charge in [-0.05, 0) is 32.3 Å². The van der Waals surface area contributed by atoms with Crippen LogP contribution in [0.4, 0.5) is 34.6 Å². The summed E-state index contributed by atoms with van der Waals surface area (Å²) < 4.78 is 0. The first kappa shape index (κ1) is 23.3. The van der Waals surface area contributed by atoms with Crippen molar-refractivity contribution >= 4 is 34.6 Å². The van der Waals surface area contributed by atoms with Gasteiger partial charge in [0.05, 0.1) is 10.6 Å². The Morgan fingerprint density at radius 3 is 1.59 bits per heavy atom. The number of nitrogen functional groups attached to an aromatic ring is 3. The molecule has 2 fully saturated rings. The summed E-state index contributed by atoms with van der Waals surface area (Å²) >= 11 is 0. The second-order valence-electron chi connectivity index (χ2n) is 8.06. The standard InChI is InChI=1S/C10H15N5O2.C10H17N5/c1-13-4-6-14(7-5-13)9-3-2-8(15(16)17)10(11)12-9;1-14-4-6-15(7-5-14)9-3-2-8(11)10(12)13-9/h2-3H,4-7H2,1H3,(H2,11,12);2-3H,4-7,11H2,1H3,(H2,12,13). The predicted octanol–water partition coefficient (Wildman–Crippen LogP) is 0.322. The van der Waals surface area contributed by atoms with Gasteiger partial charge in [-0.15, -0.1) is 0 Å². The minimum absolute atomic E-state index is 0.0218. The Labute approximate surface area is 187 Å². The third kappa shape index (κ3) is 5.86. The molecular formula is C20H32N10O2. The summed E-state index contributed by atoms with van der Waals surface area (Å²) in [4.78, 5) is 27.3. The second kappa shape index (κ2) is 10.3. The highest BCUT2D eigenvalue weighted by atomic mass is 16.6. The molecule has 12 heteroatoms. The van der Waals surface area contributed by atoms with E-state index in [0.29, 0.717) is 17.3 Å². The summed E-state index contributed by atoms with van der Waals surface area (Å²) in [6.45, 7) is 7.75. The van der Waals surface area contributed by atoms with E-state index in [-0.39, 0.29) is 11.5 Å². The van der Waals surface area contributed by atoms with Crippen LogP contribution in [0.1, 0.15) is 0 Å². The molecule has 174 valence electrons. The van der Waals surface area contributed by atoms with Crippen molar-refractivity contribution in [2.75, 3.05) is 93.5 Å². The quantitative estimate of drug-likeness (QED) is 0.442. The zero-order valence-corrected chi connectivity index (χ0v) is 18.6. The molecule has 4 rings (SSSR count). The molecule has 0 radical (unpaired) electrons. The molecule has 6 N–H and O–H groups in total. The Morgan fingerprint density at radius 1 is 0.750 bits per heavy atom. The summed E-state index contributed by atoms with van der Waals surface area (Å²) in [5.74, 6) is 2.04. The zero-order valence-electron chi connectivity index (χ0n) is 18.6. The average molecular weight is 445 g/mol. The Morgan fingerprint density at radius 2 is 1.19 bits per heavy atom. The molecule has 0 spiro atoms. The van der Waals surface area contributed by atoms with E-state index in [9.17, 15) is 10.1 Å². The van der Waals surface area contributed by atoms with E-state index in [1.54, 1.807) is 6.07 Å². The molecule has 2 aliphatic heterocycles. The molecule has 0 atom stereocenters. The fraction of sp³-hybridized carbons (Fsp3) is 0.500. The maximum atomic E-state index is 10.6. The molecule has 2 aliphatic rings. The van der Waals surface area contributed by atoms with Gasteiger partial charge < -0.3 is 36.8 Å². The van der Waals surface area contributed by atoms with Crippen LogP contribution in [0, 0.1) is 10.1 Å². The Balaban J connectivity index is 0.000000182. The number of hydrogen-bond acceptors (Lipinski definition) is 11. The van der Waals surface area contributed by atoms with Crippen molar-refractivity contribution in [3.63, 3.8) is 0 Å². The minimum atomic E-state index is -0.518. The van der Waals surface area contributed by atoms with Crippen molar-refractivity contribution in [3.05, 3.63) is 34.4 Å². The molecule has 2 aromatic heterocycles. The first-order chi connectivity index (χ1) is 15.2. The zero-order chi connectivity index (χ0) is 23.3. The molecule has 2 saturated heterocycles. The number of rotatable bonds is 3. The summed E-state index contributed by atoms with van der Waals surface area (Å²) in [5.41, 5.74) is 17.3. The molecule has 4 heterocycles. The van der Waals surface area contributed by atoms with Gasteiger partial charge in [0.15, 0.2) is 0 Å². The third-order valence-corrected chi connectivity index (χ3v) is 5.68. The van der Waals surface area contributed by atoms with Gasteiger partial charge in [-0.3, -0.25) is 10.1 Å². The molecule has 0 aromatic carbocycles. The Bertz CT molecular complexity index is 925. The van der Waals surface area contributed by atoms with Crippen LogP contribution >= 0.6 is 0 Å². The number of pyridine rings is 2. The number of hydrogen-bond donors (Lipinski definition) is 3. The van der Waals surface area contributed by atoms with Crippen molar-refractivity contribution in [2.45, 2.75) is 0 Å². The van der Waals surface area contributed by atoms with E-state index in [0.717, 1.165) is 58.2 Å². The Kier molecular flexibility index (Phi) is 7.49. The molecule has 0 amide bonds.